The van der Waals surface area contributed by atoms with Gasteiger partial charge in [-0.2, -0.15) is 0 Å². The maximum absolute atomic E-state index is 11.7. The summed E-state index contributed by atoms with van der Waals surface area (Å²) in [5.74, 6) is 2.07. The van der Waals surface area contributed by atoms with Crippen LogP contribution in [0.4, 0.5) is 0 Å². The molecular formula is C26H45NO4. The number of hydrogen-bond donors (Lipinski definition) is 3. The van der Waals surface area contributed by atoms with Crippen LogP contribution in [-0.2, 0) is 9.53 Å². The zero-order valence-electron chi connectivity index (χ0n) is 20.1. The van der Waals surface area contributed by atoms with E-state index in [1.165, 1.54) is 7.11 Å². The first-order valence-electron chi connectivity index (χ1n) is 12.8. The molecule has 178 valence electrons. The van der Waals surface area contributed by atoms with Crippen LogP contribution < -0.4 is 5.73 Å². The van der Waals surface area contributed by atoms with Gasteiger partial charge in [0.2, 0.25) is 0 Å². The van der Waals surface area contributed by atoms with Crippen molar-refractivity contribution < 1.29 is 19.7 Å². The van der Waals surface area contributed by atoms with Crippen molar-refractivity contribution in [3.8, 4) is 0 Å². The molecule has 5 nitrogen and oxygen atoms in total. The molecule has 0 aromatic rings. The zero-order chi connectivity index (χ0) is 22.6. The van der Waals surface area contributed by atoms with E-state index >= 15 is 0 Å². The Morgan fingerprint density at radius 3 is 2.58 bits per heavy atom. The fraction of sp³-hybridized carbons (Fsp3) is 0.962. The van der Waals surface area contributed by atoms with Crippen LogP contribution in [0.5, 0.6) is 0 Å². The van der Waals surface area contributed by atoms with Crippen molar-refractivity contribution in [2.75, 3.05) is 7.11 Å². The first-order valence-corrected chi connectivity index (χ1v) is 12.8. The van der Waals surface area contributed by atoms with E-state index in [1.54, 1.807) is 0 Å². The molecule has 0 aliphatic heterocycles. The number of aliphatic hydroxyl groups is 2. The number of hydrogen-bond acceptors (Lipinski definition) is 5. The maximum atomic E-state index is 11.7. The van der Waals surface area contributed by atoms with Crippen molar-refractivity contribution in [1.82, 2.24) is 0 Å². The number of esters is 1. The molecule has 0 aromatic heterocycles. The van der Waals surface area contributed by atoms with Gasteiger partial charge in [-0.05, 0) is 97.7 Å². The number of nitrogens with two attached hydrogens (primary N) is 1. The Kier molecular flexibility index (Phi) is 6.53. The van der Waals surface area contributed by atoms with Crippen molar-refractivity contribution in [3.05, 3.63) is 0 Å². The number of rotatable bonds is 4. The van der Waals surface area contributed by atoms with Gasteiger partial charge in [0.25, 0.3) is 0 Å². The monoisotopic (exact) mass is 435 g/mol. The van der Waals surface area contributed by atoms with Gasteiger partial charge in [-0.25, -0.2) is 0 Å². The van der Waals surface area contributed by atoms with Crippen molar-refractivity contribution >= 4 is 5.97 Å². The highest BCUT2D eigenvalue weighted by atomic mass is 16.5. The average molecular weight is 436 g/mol. The molecule has 0 saturated heterocycles. The summed E-state index contributed by atoms with van der Waals surface area (Å²) >= 11 is 0. The predicted octanol–water partition coefficient (Wildman–Crippen LogP) is 3.89. The Bertz CT molecular complexity index is 670. The summed E-state index contributed by atoms with van der Waals surface area (Å²) in [7, 11) is 1.45. The third-order valence-corrected chi connectivity index (χ3v) is 10.9. The first-order chi connectivity index (χ1) is 14.6. The van der Waals surface area contributed by atoms with Crippen molar-refractivity contribution in [3.63, 3.8) is 0 Å². The minimum absolute atomic E-state index is 0.147. The van der Waals surface area contributed by atoms with E-state index in [2.05, 4.69) is 20.8 Å². The third kappa shape index (κ3) is 3.77. The van der Waals surface area contributed by atoms with Crippen LogP contribution in [0.25, 0.3) is 0 Å². The molecule has 31 heavy (non-hydrogen) atoms. The van der Waals surface area contributed by atoms with Crippen LogP contribution in [0, 0.1) is 46.3 Å². The Balaban J connectivity index is 1.61. The van der Waals surface area contributed by atoms with Gasteiger partial charge in [0, 0.05) is 12.5 Å². The van der Waals surface area contributed by atoms with Crippen molar-refractivity contribution in [1.29, 1.82) is 0 Å². The molecular weight excluding hydrogens is 390 g/mol. The molecule has 11 atom stereocenters. The molecule has 0 aromatic carbocycles. The van der Waals surface area contributed by atoms with Gasteiger partial charge in [-0.15, -0.1) is 0 Å². The van der Waals surface area contributed by atoms with Gasteiger partial charge in [-0.3, -0.25) is 4.79 Å². The second kappa shape index (κ2) is 8.61. The van der Waals surface area contributed by atoms with Crippen molar-refractivity contribution in [2.45, 2.75) is 103 Å². The van der Waals surface area contributed by atoms with Gasteiger partial charge in [0.05, 0.1) is 19.3 Å². The standard InChI is InChI=1S/C26H45NO4/c1-15(8-9-23(30)31-4)18-6-5-7-19-24-20(14-22(29)26(18,19)3)25(2)11-10-17(27)12-16(25)13-21(24)28/h15-22,24,28-29H,5-14,27H2,1-4H3/t15?,16?,17?,18-,19?,20?,21?,22?,24?,25+,26-/m1/s1. The SMILES string of the molecule is COC(=O)CCC(C)[C@H]1CCCC2C3C(O)CC4CC(N)CC[C@]4(C)C3CC(O)[C@@]21C. The van der Waals surface area contributed by atoms with Crippen LogP contribution in [0.15, 0.2) is 0 Å². The molecule has 4 fully saturated rings. The Morgan fingerprint density at radius 2 is 1.87 bits per heavy atom. The number of carbonyl (C=O) groups excluding carboxylic acids is 1. The summed E-state index contributed by atoms with van der Waals surface area (Å²) in [4.78, 5) is 11.7. The predicted molar refractivity (Wildman–Crippen MR) is 121 cm³/mol. The Hall–Kier alpha value is -0.650. The largest absolute Gasteiger partial charge is 0.469 e. The Labute approximate surface area is 188 Å². The summed E-state index contributed by atoms with van der Waals surface area (Å²) in [5, 5.41) is 23.1. The highest BCUT2D eigenvalue weighted by Crippen LogP contribution is 2.67. The molecule has 4 rings (SSSR count). The lowest BCUT2D eigenvalue weighted by Crippen LogP contribution is -2.65. The topological polar surface area (TPSA) is 92.8 Å². The molecule has 0 radical (unpaired) electrons. The second-order valence-corrected chi connectivity index (χ2v) is 12.1. The van der Waals surface area contributed by atoms with Gasteiger partial charge in [-0.1, -0.05) is 27.2 Å². The van der Waals surface area contributed by atoms with Crippen LogP contribution in [0.1, 0.15) is 85.0 Å². The molecule has 4 saturated carbocycles. The van der Waals surface area contributed by atoms with E-state index in [1.807, 2.05) is 0 Å². The van der Waals surface area contributed by atoms with Crippen LogP contribution in [-0.4, -0.2) is 41.5 Å². The lowest BCUT2D eigenvalue weighted by atomic mass is 9.39. The number of aliphatic hydroxyl groups excluding tert-OH is 2. The molecule has 5 heteroatoms. The summed E-state index contributed by atoms with van der Waals surface area (Å²) < 4.78 is 4.86. The number of ether oxygens (including phenoxy) is 1. The normalized spacial score (nSPS) is 50.5. The van der Waals surface area contributed by atoms with Crippen LogP contribution >= 0.6 is 0 Å². The minimum atomic E-state index is -0.344. The van der Waals surface area contributed by atoms with E-state index in [9.17, 15) is 15.0 Å². The number of methoxy groups -OCH3 is 1. The van der Waals surface area contributed by atoms with E-state index in [-0.39, 0.29) is 41.0 Å². The highest BCUT2D eigenvalue weighted by Gasteiger charge is 2.64. The molecule has 0 bridgehead atoms. The van der Waals surface area contributed by atoms with Gasteiger partial charge < -0.3 is 20.7 Å². The molecule has 0 spiro atoms. The smallest absolute Gasteiger partial charge is 0.305 e. The highest BCUT2D eigenvalue weighted by molar-refractivity contribution is 5.69. The maximum Gasteiger partial charge on any atom is 0.305 e. The molecule has 4 aliphatic rings. The molecule has 8 unspecified atom stereocenters. The van der Waals surface area contributed by atoms with E-state index in [0.717, 1.165) is 57.8 Å². The van der Waals surface area contributed by atoms with Crippen molar-refractivity contribution in [2.24, 2.45) is 52.1 Å². The number of fused-ring (bicyclic) bond motifs is 5. The fourth-order valence-electron chi connectivity index (χ4n) is 9.03. The van der Waals surface area contributed by atoms with Crippen LogP contribution in [0.2, 0.25) is 0 Å². The second-order valence-electron chi connectivity index (χ2n) is 12.1. The summed E-state index contributed by atoms with van der Waals surface area (Å²) in [5.41, 5.74) is 6.31. The van der Waals surface area contributed by atoms with E-state index in [0.29, 0.717) is 36.0 Å². The third-order valence-electron chi connectivity index (χ3n) is 10.9. The first kappa shape index (κ1) is 23.5. The molecule has 0 amide bonds. The van der Waals surface area contributed by atoms with E-state index in [4.69, 9.17) is 10.5 Å². The zero-order valence-corrected chi connectivity index (χ0v) is 20.1. The lowest BCUT2D eigenvalue weighted by molar-refractivity contribution is -0.228. The van der Waals surface area contributed by atoms with Crippen LogP contribution in [0.3, 0.4) is 0 Å². The molecule has 0 heterocycles. The molecule has 4 N–H and O–H groups in total. The quantitative estimate of drug-likeness (QED) is 0.583. The lowest BCUT2D eigenvalue weighted by Gasteiger charge is -2.66. The van der Waals surface area contributed by atoms with Gasteiger partial charge in [0.1, 0.15) is 0 Å². The summed E-state index contributed by atoms with van der Waals surface area (Å²) in [6.45, 7) is 6.98. The van der Waals surface area contributed by atoms with Gasteiger partial charge in [0.15, 0.2) is 0 Å². The average Bonchev–Trinajstić information content (AvgIpc) is 2.73. The van der Waals surface area contributed by atoms with E-state index < -0.39 is 0 Å². The number of carbonyl (C=O) groups is 1. The minimum Gasteiger partial charge on any atom is -0.469 e. The summed E-state index contributed by atoms with van der Waals surface area (Å²) in [6.07, 6.45) is 8.87. The van der Waals surface area contributed by atoms with Gasteiger partial charge >= 0.3 is 5.97 Å². The Morgan fingerprint density at radius 1 is 1.13 bits per heavy atom. The fourth-order valence-corrected chi connectivity index (χ4v) is 9.03. The molecule has 4 aliphatic carbocycles. The summed E-state index contributed by atoms with van der Waals surface area (Å²) in [6, 6.07) is 0.260.